The van der Waals surface area contributed by atoms with Crippen LogP contribution in [0.1, 0.15) is 33.1 Å². The topological polar surface area (TPSA) is 55.2 Å². The Balaban J connectivity index is 2.19. The van der Waals surface area contributed by atoms with Crippen LogP contribution < -0.4 is 5.56 Å². The molecule has 5 nitrogen and oxygen atoms in total. The van der Waals surface area contributed by atoms with Crippen molar-refractivity contribution in [1.29, 1.82) is 0 Å². The molecule has 0 N–H and O–H groups in total. The second kappa shape index (κ2) is 6.14. The molecule has 2 rings (SSSR count). The summed E-state index contributed by atoms with van der Waals surface area (Å²) < 4.78 is 1.06. The van der Waals surface area contributed by atoms with Crippen LogP contribution in [0.15, 0.2) is 11.0 Å². The largest absolute Gasteiger partial charge is 0.336 e. The first-order chi connectivity index (χ1) is 9.41. The van der Waals surface area contributed by atoms with Crippen LogP contribution in [-0.4, -0.2) is 32.7 Å². The van der Waals surface area contributed by atoms with Gasteiger partial charge in [-0.05, 0) is 33.1 Å². The SMILES string of the molecule is C[C@H]1CCC[C@H](C)N1C(=O)Cn1ncc(Cl)c(Cl)c1=O. The second-order valence-electron chi connectivity index (χ2n) is 5.20. The molecule has 0 aromatic carbocycles. The summed E-state index contributed by atoms with van der Waals surface area (Å²) in [5, 5.41) is 3.86. The molecule has 7 heteroatoms. The predicted molar refractivity (Wildman–Crippen MR) is 78.1 cm³/mol. The predicted octanol–water partition coefficient (Wildman–Crippen LogP) is 2.34. The van der Waals surface area contributed by atoms with Crippen LogP contribution in [0.5, 0.6) is 0 Å². The Bertz CT molecular complexity index is 563. The van der Waals surface area contributed by atoms with Crippen molar-refractivity contribution in [3.05, 3.63) is 26.6 Å². The zero-order valence-corrected chi connectivity index (χ0v) is 13.0. The standard InChI is InChI=1S/C13H17Cl2N3O2/c1-8-4-3-5-9(2)18(8)11(19)7-17-13(20)12(15)10(14)6-16-17/h6,8-9H,3-5,7H2,1-2H3/t8-,9-/m0/s1. The van der Waals surface area contributed by atoms with Crippen molar-refractivity contribution in [2.75, 3.05) is 0 Å². The van der Waals surface area contributed by atoms with Gasteiger partial charge in [-0.25, -0.2) is 4.68 Å². The molecule has 1 fully saturated rings. The molecular weight excluding hydrogens is 301 g/mol. The molecule has 1 aromatic heterocycles. The molecule has 1 aliphatic rings. The fourth-order valence-corrected chi connectivity index (χ4v) is 2.95. The van der Waals surface area contributed by atoms with Crippen LogP contribution in [0.2, 0.25) is 10.0 Å². The Morgan fingerprint density at radius 2 is 1.95 bits per heavy atom. The Morgan fingerprint density at radius 1 is 1.35 bits per heavy atom. The number of amides is 1. The highest BCUT2D eigenvalue weighted by atomic mass is 35.5. The lowest BCUT2D eigenvalue weighted by Crippen LogP contribution is -2.49. The van der Waals surface area contributed by atoms with Crippen LogP contribution in [-0.2, 0) is 11.3 Å². The molecule has 20 heavy (non-hydrogen) atoms. The summed E-state index contributed by atoms with van der Waals surface area (Å²) in [5.74, 6) is -0.113. The van der Waals surface area contributed by atoms with Crippen LogP contribution in [0.3, 0.4) is 0 Å². The van der Waals surface area contributed by atoms with Crippen molar-refractivity contribution in [1.82, 2.24) is 14.7 Å². The van der Waals surface area contributed by atoms with Gasteiger partial charge in [-0.2, -0.15) is 5.10 Å². The molecule has 0 aliphatic carbocycles. The van der Waals surface area contributed by atoms with E-state index in [1.165, 1.54) is 6.20 Å². The number of carbonyl (C=O) groups excluding carboxylic acids is 1. The molecule has 110 valence electrons. The fraction of sp³-hybridized carbons (Fsp3) is 0.615. The Hall–Kier alpha value is -1.07. The molecule has 1 aromatic rings. The molecular formula is C13H17Cl2N3O2. The van der Waals surface area contributed by atoms with Crippen LogP contribution in [0.4, 0.5) is 0 Å². The van der Waals surface area contributed by atoms with Gasteiger partial charge in [0, 0.05) is 12.1 Å². The monoisotopic (exact) mass is 317 g/mol. The molecule has 0 saturated carbocycles. The average Bonchev–Trinajstić information content (AvgIpc) is 2.39. The number of rotatable bonds is 2. The lowest BCUT2D eigenvalue weighted by molar-refractivity contribution is -0.138. The Morgan fingerprint density at radius 3 is 2.55 bits per heavy atom. The van der Waals surface area contributed by atoms with Crippen molar-refractivity contribution in [3.63, 3.8) is 0 Å². The van der Waals surface area contributed by atoms with Gasteiger partial charge < -0.3 is 4.90 Å². The van der Waals surface area contributed by atoms with Gasteiger partial charge in [0.15, 0.2) is 0 Å². The summed E-state index contributed by atoms with van der Waals surface area (Å²) in [7, 11) is 0. The van der Waals surface area contributed by atoms with Crippen molar-refractivity contribution in [3.8, 4) is 0 Å². The molecule has 1 saturated heterocycles. The number of hydrogen-bond donors (Lipinski definition) is 0. The number of halogens is 2. The summed E-state index contributed by atoms with van der Waals surface area (Å²) in [4.78, 5) is 26.1. The number of piperidine rings is 1. The maximum atomic E-state index is 12.4. The fourth-order valence-electron chi connectivity index (χ4n) is 2.68. The van der Waals surface area contributed by atoms with Crippen LogP contribution in [0, 0.1) is 0 Å². The first-order valence-electron chi connectivity index (χ1n) is 6.64. The number of carbonyl (C=O) groups is 1. The molecule has 1 aliphatic heterocycles. The number of nitrogens with zero attached hydrogens (tertiary/aromatic N) is 3. The van der Waals surface area contributed by atoms with E-state index in [9.17, 15) is 9.59 Å². The van der Waals surface area contributed by atoms with Crippen molar-refractivity contribution in [2.45, 2.75) is 51.7 Å². The third kappa shape index (κ3) is 2.99. The van der Waals surface area contributed by atoms with E-state index < -0.39 is 5.56 Å². The maximum absolute atomic E-state index is 12.4. The normalized spacial score (nSPS) is 22.9. The Kier molecular flexibility index (Phi) is 4.70. The van der Waals surface area contributed by atoms with Crippen molar-refractivity contribution in [2.24, 2.45) is 0 Å². The lowest BCUT2D eigenvalue weighted by Gasteiger charge is -2.39. The van der Waals surface area contributed by atoms with E-state index in [1.807, 2.05) is 18.7 Å². The zero-order chi connectivity index (χ0) is 14.9. The highest BCUT2D eigenvalue weighted by Gasteiger charge is 2.29. The summed E-state index contributed by atoms with van der Waals surface area (Å²) in [6.45, 7) is 3.95. The van der Waals surface area contributed by atoms with E-state index in [4.69, 9.17) is 23.2 Å². The minimum absolute atomic E-state index is 0.0973. The highest BCUT2D eigenvalue weighted by molar-refractivity contribution is 6.41. The molecule has 0 spiro atoms. The third-order valence-electron chi connectivity index (χ3n) is 3.71. The van der Waals surface area contributed by atoms with Crippen LogP contribution >= 0.6 is 23.2 Å². The van der Waals surface area contributed by atoms with Crippen molar-refractivity contribution < 1.29 is 4.79 Å². The first-order valence-corrected chi connectivity index (χ1v) is 7.39. The number of aromatic nitrogens is 2. The van der Waals surface area contributed by atoms with Crippen LogP contribution in [0.25, 0.3) is 0 Å². The molecule has 0 unspecified atom stereocenters. The maximum Gasteiger partial charge on any atom is 0.287 e. The van der Waals surface area contributed by atoms with E-state index in [-0.39, 0.29) is 34.6 Å². The number of likely N-dealkylation sites (tertiary alicyclic amines) is 1. The van der Waals surface area contributed by atoms with Gasteiger partial charge in [0.25, 0.3) is 5.56 Å². The minimum Gasteiger partial charge on any atom is -0.336 e. The molecule has 0 bridgehead atoms. The van der Waals surface area contributed by atoms with Gasteiger partial charge in [0.1, 0.15) is 11.6 Å². The molecule has 2 atom stereocenters. The zero-order valence-electron chi connectivity index (χ0n) is 11.5. The smallest absolute Gasteiger partial charge is 0.287 e. The van der Waals surface area contributed by atoms with Gasteiger partial charge >= 0.3 is 0 Å². The summed E-state index contributed by atoms with van der Waals surface area (Å²) in [6.07, 6.45) is 4.37. The van der Waals surface area contributed by atoms with Gasteiger partial charge in [0.2, 0.25) is 5.91 Å². The van der Waals surface area contributed by atoms with E-state index in [0.717, 1.165) is 23.9 Å². The average molecular weight is 318 g/mol. The Labute approximate surface area is 127 Å². The second-order valence-corrected chi connectivity index (χ2v) is 5.98. The molecule has 0 radical (unpaired) electrons. The van der Waals surface area contributed by atoms with Crippen molar-refractivity contribution >= 4 is 29.1 Å². The van der Waals surface area contributed by atoms with E-state index in [1.54, 1.807) is 0 Å². The summed E-state index contributed by atoms with van der Waals surface area (Å²) in [5.41, 5.74) is -0.537. The van der Waals surface area contributed by atoms with Gasteiger partial charge in [-0.3, -0.25) is 9.59 Å². The lowest BCUT2D eigenvalue weighted by atomic mass is 9.97. The first kappa shape index (κ1) is 15.3. The van der Waals surface area contributed by atoms with Gasteiger partial charge in [-0.1, -0.05) is 23.2 Å². The quantitative estimate of drug-likeness (QED) is 0.841. The van der Waals surface area contributed by atoms with E-state index in [2.05, 4.69) is 5.10 Å². The number of hydrogen-bond acceptors (Lipinski definition) is 3. The van der Waals surface area contributed by atoms with E-state index in [0.29, 0.717) is 0 Å². The third-order valence-corrected chi connectivity index (χ3v) is 4.46. The summed E-state index contributed by atoms with van der Waals surface area (Å²) >= 11 is 11.5. The van der Waals surface area contributed by atoms with Gasteiger partial charge in [0.05, 0.1) is 11.2 Å². The summed E-state index contributed by atoms with van der Waals surface area (Å²) in [6, 6.07) is 0.370. The molecule has 1 amide bonds. The van der Waals surface area contributed by atoms with E-state index >= 15 is 0 Å². The minimum atomic E-state index is -0.537. The van der Waals surface area contributed by atoms with Gasteiger partial charge in [-0.15, -0.1) is 0 Å². The molecule has 2 heterocycles. The highest BCUT2D eigenvalue weighted by Crippen LogP contribution is 2.22.